The highest BCUT2D eigenvalue weighted by molar-refractivity contribution is 7.14. The number of hydrogen-bond acceptors (Lipinski definition) is 4. The molecule has 2 heterocycles. The predicted octanol–water partition coefficient (Wildman–Crippen LogP) is 7.20. The fourth-order valence-electron chi connectivity index (χ4n) is 3.21. The molecule has 0 saturated carbocycles. The summed E-state index contributed by atoms with van der Waals surface area (Å²) in [6, 6.07) is 23.7. The summed E-state index contributed by atoms with van der Waals surface area (Å²) in [6.45, 7) is 0. The van der Waals surface area contributed by atoms with Crippen molar-refractivity contribution >= 4 is 33.8 Å². The van der Waals surface area contributed by atoms with Crippen molar-refractivity contribution in [3.05, 3.63) is 101 Å². The molecule has 0 atom stereocenters. The van der Waals surface area contributed by atoms with Crippen molar-refractivity contribution in [2.45, 2.75) is 0 Å². The summed E-state index contributed by atoms with van der Waals surface area (Å²) in [5.41, 5.74) is 5.12. The Balaban J connectivity index is 1.56. The van der Waals surface area contributed by atoms with Crippen LogP contribution in [-0.4, -0.2) is 14.8 Å². The maximum Gasteiger partial charge on any atom is 0.187 e. The molecular formula is C24H16ClFN4S. The summed E-state index contributed by atoms with van der Waals surface area (Å²) >= 11 is 7.59. The van der Waals surface area contributed by atoms with Crippen LogP contribution < -0.4 is 5.32 Å². The zero-order valence-corrected chi connectivity index (χ0v) is 17.7. The number of nitrogens with one attached hydrogen (secondary N) is 1. The molecule has 1 N–H and O–H groups in total. The zero-order valence-electron chi connectivity index (χ0n) is 16.2. The number of nitrogens with zero attached hydrogens (tertiary/aromatic N) is 3. The fourth-order valence-corrected chi connectivity index (χ4v) is 4.07. The number of benzene rings is 3. The van der Waals surface area contributed by atoms with Gasteiger partial charge in [0.05, 0.1) is 11.4 Å². The third-order valence-electron chi connectivity index (χ3n) is 4.73. The number of halogens is 2. The SMILES string of the molecule is Fc1ccc(-n2cc(-c3csc(Nc4ccccc4)n3)c(-c3ccc(Cl)cc3)n2)cc1. The van der Waals surface area contributed by atoms with Crippen molar-refractivity contribution < 1.29 is 4.39 Å². The molecule has 0 radical (unpaired) electrons. The van der Waals surface area contributed by atoms with E-state index in [4.69, 9.17) is 21.7 Å². The molecule has 0 aliphatic carbocycles. The minimum absolute atomic E-state index is 0.287. The Morgan fingerprint density at radius 2 is 1.65 bits per heavy atom. The largest absolute Gasteiger partial charge is 0.332 e. The molecule has 0 aliphatic rings. The molecule has 0 spiro atoms. The van der Waals surface area contributed by atoms with E-state index >= 15 is 0 Å². The highest BCUT2D eigenvalue weighted by atomic mass is 35.5. The van der Waals surface area contributed by atoms with Crippen LogP contribution in [0, 0.1) is 5.82 Å². The molecule has 4 nitrogen and oxygen atoms in total. The maximum atomic E-state index is 13.4. The topological polar surface area (TPSA) is 42.7 Å². The number of para-hydroxylation sites is 1. The quantitative estimate of drug-likeness (QED) is 0.310. The second kappa shape index (κ2) is 8.34. The second-order valence-corrected chi connectivity index (χ2v) is 8.14. The van der Waals surface area contributed by atoms with Gasteiger partial charge in [-0.25, -0.2) is 14.1 Å². The van der Waals surface area contributed by atoms with Gasteiger partial charge in [-0.3, -0.25) is 0 Å². The van der Waals surface area contributed by atoms with Crippen molar-refractivity contribution in [2.24, 2.45) is 0 Å². The molecule has 2 aromatic heterocycles. The number of anilines is 2. The van der Waals surface area contributed by atoms with Crippen LogP contribution in [0.1, 0.15) is 0 Å². The molecule has 3 aromatic carbocycles. The first-order chi connectivity index (χ1) is 15.2. The Kier molecular flexibility index (Phi) is 5.24. The van der Waals surface area contributed by atoms with E-state index in [2.05, 4.69) is 5.32 Å². The van der Waals surface area contributed by atoms with Crippen LogP contribution in [-0.2, 0) is 0 Å². The fraction of sp³-hybridized carbons (Fsp3) is 0. The van der Waals surface area contributed by atoms with Gasteiger partial charge in [-0.2, -0.15) is 5.10 Å². The molecule has 5 aromatic rings. The molecule has 0 fully saturated rings. The Labute approximate surface area is 187 Å². The molecule has 0 bridgehead atoms. The van der Waals surface area contributed by atoms with Crippen LogP contribution in [0.4, 0.5) is 15.2 Å². The van der Waals surface area contributed by atoms with Gasteiger partial charge in [-0.15, -0.1) is 11.3 Å². The van der Waals surface area contributed by atoms with Gasteiger partial charge in [0.25, 0.3) is 0 Å². The smallest absolute Gasteiger partial charge is 0.187 e. The standard InChI is InChI=1S/C24H16ClFN4S/c25-17-8-6-16(7-9-17)23-21(14-30(29-23)20-12-10-18(26)11-13-20)22-15-31-24(28-22)27-19-4-2-1-3-5-19/h1-15H,(H,27,28). The van der Waals surface area contributed by atoms with Crippen LogP contribution in [0.2, 0.25) is 5.02 Å². The lowest BCUT2D eigenvalue weighted by Gasteiger charge is -2.02. The molecule has 7 heteroatoms. The van der Waals surface area contributed by atoms with Gasteiger partial charge in [-0.1, -0.05) is 41.9 Å². The normalized spacial score (nSPS) is 10.9. The maximum absolute atomic E-state index is 13.4. The van der Waals surface area contributed by atoms with Crippen LogP contribution in [0.3, 0.4) is 0 Å². The lowest BCUT2D eigenvalue weighted by atomic mass is 10.1. The lowest BCUT2D eigenvalue weighted by molar-refractivity contribution is 0.627. The first-order valence-corrected chi connectivity index (χ1v) is 10.8. The van der Waals surface area contributed by atoms with Crippen molar-refractivity contribution in [1.82, 2.24) is 14.8 Å². The van der Waals surface area contributed by atoms with Crippen LogP contribution in [0.5, 0.6) is 0 Å². The number of aromatic nitrogens is 3. The summed E-state index contributed by atoms with van der Waals surface area (Å²) in [7, 11) is 0. The molecule has 0 amide bonds. The van der Waals surface area contributed by atoms with Crippen LogP contribution in [0.15, 0.2) is 90.4 Å². The molecule has 5 rings (SSSR count). The van der Waals surface area contributed by atoms with Gasteiger partial charge in [0.15, 0.2) is 5.13 Å². The third kappa shape index (κ3) is 4.21. The second-order valence-electron chi connectivity index (χ2n) is 6.85. The van der Waals surface area contributed by atoms with Crippen molar-refractivity contribution in [1.29, 1.82) is 0 Å². The van der Waals surface area contributed by atoms with E-state index in [0.717, 1.165) is 39.0 Å². The van der Waals surface area contributed by atoms with E-state index in [1.165, 1.54) is 23.5 Å². The summed E-state index contributed by atoms with van der Waals surface area (Å²) in [6.07, 6.45) is 1.92. The lowest BCUT2D eigenvalue weighted by Crippen LogP contribution is -1.94. The first-order valence-electron chi connectivity index (χ1n) is 9.55. The Bertz CT molecular complexity index is 1310. The minimum Gasteiger partial charge on any atom is -0.332 e. The van der Waals surface area contributed by atoms with Gasteiger partial charge in [0, 0.05) is 33.4 Å². The monoisotopic (exact) mass is 446 g/mol. The summed E-state index contributed by atoms with van der Waals surface area (Å²) < 4.78 is 15.1. The first kappa shape index (κ1) is 19.5. The van der Waals surface area contributed by atoms with E-state index < -0.39 is 0 Å². The van der Waals surface area contributed by atoms with E-state index in [1.807, 2.05) is 66.2 Å². The summed E-state index contributed by atoms with van der Waals surface area (Å²) in [4.78, 5) is 4.77. The minimum atomic E-state index is -0.287. The van der Waals surface area contributed by atoms with Gasteiger partial charge in [0.2, 0.25) is 0 Å². The highest BCUT2D eigenvalue weighted by Gasteiger charge is 2.17. The Morgan fingerprint density at radius 1 is 0.903 bits per heavy atom. The average Bonchev–Trinajstić information content (AvgIpc) is 3.43. The van der Waals surface area contributed by atoms with Gasteiger partial charge in [-0.05, 0) is 48.5 Å². The van der Waals surface area contributed by atoms with Gasteiger partial charge < -0.3 is 5.32 Å². The number of hydrogen-bond donors (Lipinski definition) is 1. The van der Waals surface area contributed by atoms with Gasteiger partial charge >= 0.3 is 0 Å². The summed E-state index contributed by atoms with van der Waals surface area (Å²) in [5.74, 6) is -0.287. The Morgan fingerprint density at radius 3 is 2.39 bits per heavy atom. The van der Waals surface area contributed by atoms with E-state index in [0.29, 0.717) is 5.02 Å². The highest BCUT2D eigenvalue weighted by Crippen LogP contribution is 2.35. The molecule has 0 unspecified atom stereocenters. The van der Waals surface area contributed by atoms with Crippen molar-refractivity contribution in [2.75, 3.05) is 5.32 Å². The predicted molar refractivity (Wildman–Crippen MR) is 125 cm³/mol. The molecule has 0 aliphatic heterocycles. The van der Waals surface area contributed by atoms with E-state index in [1.54, 1.807) is 16.8 Å². The summed E-state index contributed by atoms with van der Waals surface area (Å²) in [5, 5.41) is 11.5. The van der Waals surface area contributed by atoms with E-state index in [9.17, 15) is 4.39 Å². The number of thiazole rings is 1. The zero-order chi connectivity index (χ0) is 21.2. The Hall–Kier alpha value is -3.48. The van der Waals surface area contributed by atoms with E-state index in [-0.39, 0.29) is 5.82 Å². The molecule has 0 saturated heterocycles. The molecule has 152 valence electrons. The molecular weight excluding hydrogens is 431 g/mol. The van der Waals surface area contributed by atoms with Crippen molar-refractivity contribution in [3.63, 3.8) is 0 Å². The average molecular weight is 447 g/mol. The third-order valence-corrected chi connectivity index (χ3v) is 5.74. The van der Waals surface area contributed by atoms with Crippen LogP contribution >= 0.6 is 22.9 Å². The van der Waals surface area contributed by atoms with Crippen LogP contribution in [0.25, 0.3) is 28.2 Å². The number of rotatable bonds is 5. The van der Waals surface area contributed by atoms with Gasteiger partial charge in [0.1, 0.15) is 11.5 Å². The molecule has 31 heavy (non-hydrogen) atoms. The van der Waals surface area contributed by atoms with Crippen molar-refractivity contribution in [3.8, 4) is 28.2 Å².